The second-order valence-electron chi connectivity index (χ2n) is 4.26. The topological polar surface area (TPSA) is 119 Å². The Labute approximate surface area is 110 Å². The van der Waals surface area contributed by atoms with Gasteiger partial charge in [-0.15, -0.1) is 0 Å². The van der Waals surface area contributed by atoms with Gasteiger partial charge in [0, 0.05) is 12.3 Å². The van der Waals surface area contributed by atoms with Gasteiger partial charge in [0.1, 0.15) is 0 Å². The van der Waals surface area contributed by atoms with E-state index in [9.17, 15) is 13.2 Å². The first-order valence-corrected chi connectivity index (χ1v) is 7.17. The fourth-order valence-electron chi connectivity index (χ4n) is 1.87. The molecule has 0 aromatic heterocycles. The first-order chi connectivity index (χ1) is 8.88. The van der Waals surface area contributed by atoms with Crippen LogP contribution in [0.5, 0.6) is 0 Å². The van der Waals surface area contributed by atoms with E-state index < -0.39 is 16.0 Å². The Morgan fingerprint density at radius 2 is 2.21 bits per heavy atom. The molecular weight excluding hydrogens is 272 g/mol. The lowest BCUT2D eigenvalue weighted by Gasteiger charge is -2.15. The number of primary sulfonamides is 1. The number of carboxylic acid groups (broad SMARTS) is 1. The van der Waals surface area contributed by atoms with Crippen LogP contribution in [0.2, 0.25) is 0 Å². The molecule has 2 rings (SSSR count). The molecular formula is C11H14N2O5S. The van der Waals surface area contributed by atoms with E-state index in [-0.39, 0.29) is 16.5 Å². The maximum atomic E-state index is 11.2. The number of carbonyl (C=O) groups is 1. The van der Waals surface area contributed by atoms with Crippen LogP contribution < -0.4 is 10.5 Å². The zero-order valence-electron chi connectivity index (χ0n) is 10.00. The van der Waals surface area contributed by atoms with Crippen LogP contribution >= 0.6 is 0 Å². The quantitative estimate of drug-likeness (QED) is 0.729. The molecule has 1 heterocycles. The van der Waals surface area contributed by atoms with Crippen LogP contribution in [0.1, 0.15) is 16.8 Å². The van der Waals surface area contributed by atoms with Crippen LogP contribution in [0.3, 0.4) is 0 Å². The summed E-state index contributed by atoms with van der Waals surface area (Å²) in [5.41, 5.74) is 0.230. The molecule has 1 aromatic rings. The Balaban J connectivity index is 2.35. The number of aromatic carboxylic acids is 1. The minimum absolute atomic E-state index is 0.0263. The molecule has 0 bridgehead atoms. The van der Waals surface area contributed by atoms with E-state index in [4.69, 9.17) is 15.0 Å². The summed E-state index contributed by atoms with van der Waals surface area (Å²) < 4.78 is 27.6. The van der Waals surface area contributed by atoms with Crippen molar-refractivity contribution in [3.05, 3.63) is 23.8 Å². The van der Waals surface area contributed by atoms with E-state index in [1.165, 1.54) is 12.1 Å². The molecule has 0 saturated carbocycles. The lowest BCUT2D eigenvalue weighted by Crippen LogP contribution is -2.21. The predicted molar refractivity (Wildman–Crippen MR) is 67.6 cm³/mol. The number of hydrogen-bond donors (Lipinski definition) is 3. The summed E-state index contributed by atoms with van der Waals surface area (Å²) in [4.78, 5) is 10.9. The molecule has 0 aliphatic carbocycles. The van der Waals surface area contributed by atoms with E-state index in [1.54, 1.807) is 0 Å². The third kappa shape index (κ3) is 3.22. The van der Waals surface area contributed by atoms with Gasteiger partial charge in [-0.2, -0.15) is 0 Å². The van der Waals surface area contributed by atoms with Gasteiger partial charge in [-0.1, -0.05) is 0 Å². The number of rotatable bonds is 4. The van der Waals surface area contributed by atoms with Crippen molar-refractivity contribution in [2.45, 2.75) is 17.4 Å². The normalized spacial score (nSPS) is 19.3. The van der Waals surface area contributed by atoms with Crippen LogP contribution in [0.25, 0.3) is 0 Å². The maximum absolute atomic E-state index is 11.2. The minimum Gasteiger partial charge on any atom is -0.478 e. The first kappa shape index (κ1) is 13.8. The summed E-state index contributed by atoms with van der Waals surface area (Å²) in [6.07, 6.45) is 0.774. The van der Waals surface area contributed by atoms with Gasteiger partial charge in [-0.3, -0.25) is 0 Å². The number of carboxylic acids is 1. The second-order valence-corrected chi connectivity index (χ2v) is 5.82. The summed E-state index contributed by atoms with van der Waals surface area (Å²) in [5.74, 6) is -1.22. The largest absolute Gasteiger partial charge is 0.478 e. The molecule has 1 fully saturated rings. The molecule has 19 heavy (non-hydrogen) atoms. The fourth-order valence-corrected chi connectivity index (χ4v) is 2.41. The molecule has 1 aliphatic rings. The molecule has 1 unspecified atom stereocenters. The van der Waals surface area contributed by atoms with Gasteiger partial charge in [-0.05, 0) is 24.6 Å². The number of sulfonamides is 1. The zero-order chi connectivity index (χ0) is 14.0. The van der Waals surface area contributed by atoms with Gasteiger partial charge in [0.25, 0.3) is 0 Å². The minimum atomic E-state index is -3.92. The van der Waals surface area contributed by atoms with Crippen molar-refractivity contribution in [3.63, 3.8) is 0 Å². The van der Waals surface area contributed by atoms with Gasteiger partial charge in [0.05, 0.1) is 23.1 Å². The maximum Gasteiger partial charge on any atom is 0.337 e. The van der Waals surface area contributed by atoms with Gasteiger partial charge >= 0.3 is 5.97 Å². The van der Waals surface area contributed by atoms with Crippen molar-refractivity contribution in [1.29, 1.82) is 0 Å². The van der Waals surface area contributed by atoms with Crippen LogP contribution in [0.4, 0.5) is 5.69 Å². The van der Waals surface area contributed by atoms with Gasteiger partial charge in [0.2, 0.25) is 10.0 Å². The van der Waals surface area contributed by atoms with E-state index in [0.717, 1.165) is 12.5 Å². The van der Waals surface area contributed by atoms with Crippen molar-refractivity contribution >= 4 is 21.7 Å². The Morgan fingerprint density at radius 3 is 2.74 bits per heavy atom. The van der Waals surface area contributed by atoms with E-state index in [1.807, 2.05) is 0 Å². The molecule has 1 aromatic carbocycles. The summed E-state index contributed by atoms with van der Waals surface area (Å²) in [5, 5.41) is 17.1. The monoisotopic (exact) mass is 286 g/mol. The average Bonchev–Trinajstić information content (AvgIpc) is 2.80. The number of benzene rings is 1. The molecule has 8 heteroatoms. The van der Waals surface area contributed by atoms with Gasteiger partial charge in [-0.25, -0.2) is 18.4 Å². The summed E-state index contributed by atoms with van der Waals surface area (Å²) in [6.45, 7) is 1.12. The van der Waals surface area contributed by atoms with Crippen molar-refractivity contribution in [3.8, 4) is 0 Å². The Kier molecular flexibility index (Phi) is 3.74. The first-order valence-electron chi connectivity index (χ1n) is 5.62. The fraction of sp³-hybridized carbons (Fsp3) is 0.364. The Hall–Kier alpha value is -1.64. The SMILES string of the molecule is NS(=O)(=O)c1ccc(NC2CCOC2)c(C(=O)O)c1. The number of ether oxygens (including phenoxy) is 1. The Bertz CT molecular complexity index is 593. The van der Waals surface area contributed by atoms with E-state index in [0.29, 0.717) is 18.9 Å². The van der Waals surface area contributed by atoms with Crippen molar-refractivity contribution in [1.82, 2.24) is 0 Å². The molecule has 1 aliphatic heterocycles. The second kappa shape index (κ2) is 5.16. The lowest BCUT2D eigenvalue weighted by atomic mass is 10.1. The van der Waals surface area contributed by atoms with E-state index >= 15 is 0 Å². The van der Waals surface area contributed by atoms with Crippen molar-refractivity contribution in [2.75, 3.05) is 18.5 Å². The molecule has 0 amide bonds. The average molecular weight is 286 g/mol. The molecule has 0 spiro atoms. The van der Waals surface area contributed by atoms with Crippen LogP contribution in [0.15, 0.2) is 23.1 Å². The molecule has 0 radical (unpaired) electrons. The number of nitrogens with two attached hydrogens (primary N) is 1. The molecule has 4 N–H and O–H groups in total. The van der Waals surface area contributed by atoms with Gasteiger partial charge < -0.3 is 15.2 Å². The molecule has 1 atom stereocenters. The van der Waals surface area contributed by atoms with Crippen LogP contribution in [0, 0.1) is 0 Å². The van der Waals surface area contributed by atoms with Crippen molar-refractivity contribution in [2.24, 2.45) is 5.14 Å². The standard InChI is InChI=1S/C11H14N2O5S/c12-19(16,17)8-1-2-10(9(5-8)11(14)15)13-7-3-4-18-6-7/h1-2,5,7,13H,3-4,6H2,(H,14,15)(H2,12,16,17). The molecule has 7 nitrogen and oxygen atoms in total. The zero-order valence-corrected chi connectivity index (χ0v) is 10.8. The van der Waals surface area contributed by atoms with Gasteiger partial charge in [0.15, 0.2) is 0 Å². The van der Waals surface area contributed by atoms with Crippen LogP contribution in [-0.4, -0.2) is 38.7 Å². The van der Waals surface area contributed by atoms with E-state index in [2.05, 4.69) is 5.32 Å². The summed E-state index contributed by atoms with van der Waals surface area (Å²) >= 11 is 0. The third-order valence-electron chi connectivity index (χ3n) is 2.84. The number of hydrogen-bond acceptors (Lipinski definition) is 5. The number of nitrogens with one attached hydrogen (secondary N) is 1. The smallest absolute Gasteiger partial charge is 0.337 e. The third-order valence-corrected chi connectivity index (χ3v) is 3.75. The highest BCUT2D eigenvalue weighted by atomic mass is 32.2. The predicted octanol–water partition coefficient (Wildman–Crippen LogP) is 0.233. The molecule has 1 saturated heterocycles. The highest BCUT2D eigenvalue weighted by Gasteiger charge is 2.20. The highest BCUT2D eigenvalue weighted by Crippen LogP contribution is 2.22. The van der Waals surface area contributed by atoms with Crippen LogP contribution in [-0.2, 0) is 14.8 Å². The summed E-state index contributed by atoms with van der Waals surface area (Å²) in [6, 6.07) is 3.76. The van der Waals surface area contributed by atoms with Crippen molar-refractivity contribution < 1.29 is 23.1 Å². The number of anilines is 1. The summed E-state index contributed by atoms with van der Waals surface area (Å²) in [7, 11) is -3.92. The molecule has 104 valence electrons. The lowest BCUT2D eigenvalue weighted by molar-refractivity contribution is 0.0697. The highest BCUT2D eigenvalue weighted by molar-refractivity contribution is 7.89. The Morgan fingerprint density at radius 1 is 1.47 bits per heavy atom.